The van der Waals surface area contributed by atoms with Gasteiger partial charge in [0, 0.05) is 30.5 Å². The number of carbonyl (C=O) groups is 3. The van der Waals surface area contributed by atoms with E-state index in [0.717, 1.165) is 31.4 Å². The molecule has 0 aliphatic carbocycles. The van der Waals surface area contributed by atoms with Gasteiger partial charge in [-0.15, -0.1) is 0 Å². The Morgan fingerprint density at radius 2 is 1.57 bits per heavy atom. The van der Waals surface area contributed by atoms with Gasteiger partial charge in [-0.3, -0.25) is 9.59 Å². The number of nitrogens with one attached hydrogen (secondary N) is 2. The normalized spacial score (nSPS) is 22.5. The topological polar surface area (TPSA) is 123 Å². The summed E-state index contributed by atoms with van der Waals surface area (Å²) in [4.78, 5) is 33.6. The Kier molecular flexibility index (Phi) is 12.1. The molecule has 172 valence electrons. The van der Waals surface area contributed by atoms with Crippen LogP contribution in [0.2, 0.25) is 0 Å². The molecule has 0 aromatic heterocycles. The molecule has 2 aliphatic rings. The first-order chi connectivity index (χ1) is 14.6. The monoisotopic (exact) mass is 446 g/mol. The summed E-state index contributed by atoms with van der Waals surface area (Å²) in [5, 5.41) is 14.9. The fraction of sp³-hybridized carbons (Fsp3) is 0.850. The summed E-state index contributed by atoms with van der Waals surface area (Å²) in [5.41, 5.74) is 0. The number of hydrogen-bond acceptors (Lipinski definition) is 7. The van der Waals surface area contributed by atoms with Crippen molar-refractivity contribution >= 4 is 29.5 Å². The Hall–Kier alpha value is -1.36. The van der Waals surface area contributed by atoms with Crippen LogP contribution in [0.25, 0.3) is 0 Å². The molecule has 0 saturated carbocycles. The summed E-state index contributed by atoms with van der Waals surface area (Å²) in [7, 11) is 0. The summed E-state index contributed by atoms with van der Waals surface area (Å²) >= 11 is 1.91. The van der Waals surface area contributed by atoms with Gasteiger partial charge in [-0.25, -0.2) is 4.79 Å². The lowest BCUT2D eigenvalue weighted by molar-refractivity contribution is -0.138. The molecule has 30 heavy (non-hydrogen) atoms. The first kappa shape index (κ1) is 24.9. The number of hydrogen-bond donors (Lipinski definition) is 3. The average Bonchev–Trinajstić information content (AvgIpc) is 3.25. The molecular formula is C20H34N2O7S. The first-order valence-corrected chi connectivity index (χ1v) is 11.8. The number of rotatable bonds is 18. The highest BCUT2D eigenvalue weighted by atomic mass is 32.2. The lowest BCUT2D eigenvalue weighted by atomic mass is 10.0. The highest BCUT2D eigenvalue weighted by molar-refractivity contribution is 8.00. The van der Waals surface area contributed by atoms with Gasteiger partial charge >= 0.3 is 12.0 Å². The van der Waals surface area contributed by atoms with Crippen LogP contribution in [-0.2, 0) is 23.8 Å². The van der Waals surface area contributed by atoms with E-state index in [9.17, 15) is 14.4 Å². The van der Waals surface area contributed by atoms with Crippen LogP contribution in [0.15, 0.2) is 0 Å². The number of carboxylic acids is 1. The zero-order valence-electron chi connectivity index (χ0n) is 17.4. The number of fused-ring (bicyclic) bond motifs is 1. The van der Waals surface area contributed by atoms with Crippen LogP contribution in [-0.4, -0.2) is 85.6 Å². The smallest absolute Gasteiger partial charge is 0.315 e. The van der Waals surface area contributed by atoms with E-state index in [4.69, 9.17) is 19.3 Å². The van der Waals surface area contributed by atoms with Crippen LogP contribution < -0.4 is 10.6 Å². The zero-order valence-corrected chi connectivity index (χ0v) is 18.3. The third-order valence-corrected chi connectivity index (χ3v) is 6.59. The minimum atomic E-state index is -0.873. The van der Waals surface area contributed by atoms with Crippen molar-refractivity contribution in [2.75, 3.05) is 45.4 Å². The fourth-order valence-electron chi connectivity index (χ4n) is 3.51. The molecule has 0 aromatic carbocycles. The zero-order chi connectivity index (χ0) is 21.6. The van der Waals surface area contributed by atoms with E-state index in [1.165, 1.54) is 0 Å². The van der Waals surface area contributed by atoms with Crippen molar-refractivity contribution in [3.8, 4) is 0 Å². The van der Waals surface area contributed by atoms with Gasteiger partial charge in [-0.1, -0.05) is 6.42 Å². The van der Waals surface area contributed by atoms with Gasteiger partial charge in [0.1, 0.15) is 5.78 Å². The van der Waals surface area contributed by atoms with Gasteiger partial charge in [0.15, 0.2) is 0 Å². The van der Waals surface area contributed by atoms with E-state index in [-0.39, 0.29) is 36.9 Å². The lowest BCUT2D eigenvalue weighted by Crippen LogP contribution is -2.36. The third kappa shape index (κ3) is 10.1. The second-order valence-electron chi connectivity index (χ2n) is 7.49. The fourth-order valence-corrected chi connectivity index (χ4v) is 5.05. The van der Waals surface area contributed by atoms with Crippen molar-refractivity contribution in [1.82, 2.24) is 10.6 Å². The Morgan fingerprint density at radius 3 is 2.30 bits per heavy atom. The predicted molar refractivity (Wildman–Crippen MR) is 113 cm³/mol. The molecule has 9 nitrogen and oxygen atoms in total. The third-order valence-electron chi connectivity index (χ3n) is 5.08. The van der Waals surface area contributed by atoms with Crippen LogP contribution in [0.5, 0.6) is 0 Å². The van der Waals surface area contributed by atoms with Crippen molar-refractivity contribution in [1.29, 1.82) is 0 Å². The van der Waals surface area contributed by atoms with Gasteiger partial charge in [0.2, 0.25) is 0 Å². The molecule has 2 rings (SSSR count). The number of thioether (sulfide) groups is 1. The molecule has 0 spiro atoms. The molecule has 2 aliphatic heterocycles. The molecule has 10 heteroatoms. The second-order valence-corrected chi connectivity index (χ2v) is 8.76. The van der Waals surface area contributed by atoms with E-state index < -0.39 is 5.97 Å². The molecular weight excluding hydrogens is 412 g/mol. The van der Waals surface area contributed by atoms with Crippen molar-refractivity contribution < 1.29 is 33.7 Å². The predicted octanol–water partition coefficient (Wildman–Crippen LogP) is 1.59. The van der Waals surface area contributed by atoms with Gasteiger partial charge in [-0.2, -0.15) is 11.8 Å². The van der Waals surface area contributed by atoms with Crippen LogP contribution in [0.3, 0.4) is 0 Å². The van der Waals surface area contributed by atoms with Gasteiger partial charge in [-0.05, 0) is 19.3 Å². The number of carboxylic acid groups (broad SMARTS) is 1. The highest BCUT2D eigenvalue weighted by Crippen LogP contribution is 2.33. The van der Waals surface area contributed by atoms with Crippen LogP contribution in [0, 0.1) is 0 Å². The van der Waals surface area contributed by atoms with E-state index >= 15 is 0 Å². The Labute approximate surface area is 182 Å². The van der Waals surface area contributed by atoms with Gasteiger partial charge in [0.05, 0.1) is 51.5 Å². The summed E-state index contributed by atoms with van der Waals surface area (Å²) in [6.07, 6.45) is 4.82. The number of urea groups is 1. The SMILES string of the molecule is O=C(O)CCOCCOCCOCCCC(=O)CCCC[C@@H]1SC[C@@H]2NC(=O)N[C@@H]21. The van der Waals surface area contributed by atoms with E-state index in [1.807, 2.05) is 11.8 Å². The molecule has 0 aromatic rings. The molecule has 2 amide bonds. The average molecular weight is 447 g/mol. The number of aliphatic carboxylic acids is 1. The molecule has 0 unspecified atom stereocenters. The van der Waals surface area contributed by atoms with Crippen molar-refractivity contribution in [3.05, 3.63) is 0 Å². The van der Waals surface area contributed by atoms with Crippen molar-refractivity contribution in [2.24, 2.45) is 0 Å². The maximum atomic E-state index is 12.0. The summed E-state index contributed by atoms with van der Waals surface area (Å²) in [6.45, 7) is 2.43. The van der Waals surface area contributed by atoms with Crippen molar-refractivity contribution in [3.63, 3.8) is 0 Å². The number of amides is 2. The molecule has 3 N–H and O–H groups in total. The molecule has 2 saturated heterocycles. The quantitative estimate of drug-likeness (QED) is 0.214. The number of ketones is 1. The van der Waals surface area contributed by atoms with E-state index in [2.05, 4.69) is 10.6 Å². The van der Waals surface area contributed by atoms with E-state index in [0.29, 0.717) is 51.1 Å². The number of ether oxygens (including phenoxy) is 3. The maximum absolute atomic E-state index is 12.0. The second kappa shape index (κ2) is 14.6. The highest BCUT2D eigenvalue weighted by Gasteiger charge is 2.42. The minimum Gasteiger partial charge on any atom is -0.481 e. The minimum absolute atomic E-state index is 0.000334. The van der Waals surface area contributed by atoms with Crippen LogP contribution in [0.4, 0.5) is 4.79 Å². The lowest BCUT2D eigenvalue weighted by Gasteiger charge is -2.16. The Bertz CT molecular complexity index is 549. The molecule has 2 fully saturated rings. The molecule has 3 atom stereocenters. The van der Waals surface area contributed by atoms with Gasteiger partial charge in [0.25, 0.3) is 0 Å². The number of Topliss-reactive ketones (excluding diaryl/α,β-unsaturated/α-hetero) is 1. The number of carbonyl (C=O) groups excluding carboxylic acids is 2. The Morgan fingerprint density at radius 1 is 0.900 bits per heavy atom. The Balaban J connectivity index is 1.32. The van der Waals surface area contributed by atoms with Gasteiger partial charge < -0.3 is 30.0 Å². The van der Waals surface area contributed by atoms with E-state index in [1.54, 1.807) is 0 Å². The summed E-state index contributed by atoms with van der Waals surface area (Å²) in [6, 6.07) is 0.446. The van der Waals surface area contributed by atoms with Crippen molar-refractivity contribution in [2.45, 2.75) is 62.3 Å². The standard InChI is InChI=1S/C20H34N2O7S/c23-15(4-1-2-6-17-19-16(14-30-17)21-20(26)22-19)5-3-8-27-10-12-29-13-11-28-9-7-18(24)25/h16-17,19H,1-14H2,(H,24,25)(H2,21,22,26)/t16-,17-,19-/m0/s1. The van der Waals surface area contributed by atoms with Crippen LogP contribution >= 0.6 is 11.8 Å². The number of unbranched alkanes of at least 4 members (excludes halogenated alkanes) is 1. The largest absolute Gasteiger partial charge is 0.481 e. The molecule has 0 bridgehead atoms. The summed E-state index contributed by atoms with van der Waals surface area (Å²) in [5.74, 6) is 0.377. The van der Waals surface area contributed by atoms with Crippen LogP contribution in [0.1, 0.15) is 44.9 Å². The summed E-state index contributed by atoms with van der Waals surface area (Å²) < 4.78 is 15.9. The maximum Gasteiger partial charge on any atom is 0.315 e. The molecule has 2 heterocycles. The first-order valence-electron chi connectivity index (χ1n) is 10.7. The molecule has 0 radical (unpaired) electrons.